The van der Waals surface area contributed by atoms with Crippen LogP contribution in [0.5, 0.6) is 0 Å². The van der Waals surface area contributed by atoms with Crippen LogP contribution in [0.15, 0.2) is 174 Å². The molecular formula is C40H28N2O. The molecule has 204 valence electrons. The Kier molecular flexibility index (Phi) is 6.12. The molecule has 1 aromatic heterocycles. The highest BCUT2D eigenvalue weighted by molar-refractivity contribution is 6.19. The lowest BCUT2D eigenvalue weighted by molar-refractivity contribution is 0.669. The lowest BCUT2D eigenvalue weighted by atomic mass is 10.0. The fraction of sp³-hybridized carbons (Fsp3) is 0. The third-order valence-electron chi connectivity index (χ3n) is 8.01. The first kappa shape index (κ1) is 25.0. The van der Waals surface area contributed by atoms with E-state index in [1.165, 1.54) is 10.8 Å². The first-order valence-corrected chi connectivity index (χ1v) is 14.5. The molecule has 0 unspecified atom stereocenters. The Morgan fingerprint density at radius 1 is 0.326 bits per heavy atom. The lowest BCUT2D eigenvalue weighted by Gasteiger charge is -2.28. The van der Waals surface area contributed by atoms with Crippen LogP contribution in [-0.2, 0) is 0 Å². The predicted octanol–water partition coefficient (Wildman–Crippen LogP) is 11.7. The summed E-state index contributed by atoms with van der Waals surface area (Å²) in [5, 5.41) is 4.68. The van der Waals surface area contributed by atoms with Gasteiger partial charge in [0, 0.05) is 44.9 Å². The minimum absolute atomic E-state index is 0.889. The van der Waals surface area contributed by atoms with Crippen LogP contribution in [0, 0.1) is 0 Å². The van der Waals surface area contributed by atoms with Gasteiger partial charge in [-0.3, -0.25) is 0 Å². The second kappa shape index (κ2) is 10.6. The molecule has 0 radical (unpaired) electrons. The Morgan fingerprint density at radius 2 is 0.767 bits per heavy atom. The van der Waals surface area contributed by atoms with Gasteiger partial charge in [-0.1, -0.05) is 84.9 Å². The van der Waals surface area contributed by atoms with E-state index >= 15 is 0 Å². The van der Waals surface area contributed by atoms with Gasteiger partial charge in [0.2, 0.25) is 0 Å². The van der Waals surface area contributed by atoms with E-state index < -0.39 is 0 Å². The molecule has 3 heteroatoms. The van der Waals surface area contributed by atoms with E-state index in [0.29, 0.717) is 0 Å². The fourth-order valence-corrected chi connectivity index (χ4v) is 6.05. The Bertz CT molecular complexity index is 2130. The summed E-state index contributed by atoms with van der Waals surface area (Å²) in [6.45, 7) is 0. The van der Waals surface area contributed by atoms with Crippen molar-refractivity contribution in [1.29, 1.82) is 0 Å². The van der Waals surface area contributed by atoms with E-state index in [2.05, 4.69) is 180 Å². The first-order valence-electron chi connectivity index (χ1n) is 14.5. The molecule has 0 fully saturated rings. The van der Waals surface area contributed by atoms with Crippen molar-refractivity contribution in [3.8, 4) is 0 Å². The standard InChI is InChI=1S/C40H28N2O/c1-4-13-30(14-5-1)41(31-15-6-2-7-16-31)33-21-23-34(24-22-33)42(32-17-8-3-9-18-32)35-25-27-38-37(28-35)40-36-19-11-10-12-29(36)20-26-39(40)43-38/h1-28H. The number of furan rings is 1. The highest BCUT2D eigenvalue weighted by Gasteiger charge is 2.18. The molecule has 0 bridgehead atoms. The van der Waals surface area contributed by atoms with Gasteiger partial charge in [-0.25, -0.2) is 0 Å². The van der Waals surface area contributed by atoms with Crippen LogP contribution in [0.4, 0.5) is 34.1 Å². The van der Waals surface area contributed by atoms with E-state index in [-0.39, 0.29) is 0 Å². The monoisotopic (exact) mass is 552 g/mol. The quantitative estimate of drug-likeness (QED) is 0.205. The summed E-state index contributed by atoms with van der Waals surface area (Å²) >= 11 is 0. The summed E-state index contributed by atoms with van der Waals surface area (Å²) < 4.78 is 6.31. The van der Waals surface area contributed by atoms with E-state index in [1.54, 1.807) is 0 Å². The molecule has 8 aromatic rings. The number of rotatable bonds is 6. The topological polar surface area (TPSA) is 19.6 Å². The predicted molar refractivity (Wildman–Crippen MR) is 181 cm³/mol. The largest absolute Gasteiger partial charge is 0.456 e. The molecule has 0 spiro atoms. The number of fused-ring (bicyclic) bond motifs is 5. The van der Waals surface area contributed by atoms with Crippen molar-refractivity contribution in [2.24, 2.45) is 0 Å². The van der Waals surface area contributed by atoms with Gasteiger partial charge in [0.15, 0.2) is 0 Å². The summed E-state index contributed by atoms with van der Waals surface area (Å²) in [6, 6.07) is 59.6. The second-order valence-corrected chi connectivity index (χ2v) is 10.6. The van der Waals surface area contributed by atoms with Crippen molar-refractivity contribution in [2.45, 2.75) is 0 Å². The van der Waals surface area contributed by atoms with Crippen LogP contribution in [0.25, 0.3) is 32.7 Å². The fourth-order valence-electron chi connectivity index (χ4n) is 6.05. The number of nitrogens with zero attached hydrogens (tertiary/aromatic N) is 2. The number of anilines is 6. The number of hydrogen-bond donors (Lipinski definition) is 0. The first-order chi connectivity index (χ1) is 21.3. The number of hydrogen-bond acceptors (Lipinski definition) is 3. The van der Waals surface area contributed by atoms with Crippen molar-refractivity contribution in [1.82, 2.24) is 0 Å². The summed E-state index contributed by atoms with van der Waals surface area (Å²) in [4.78, 5) is 4.59. The molecule has 7 aromatic carbocycles. The van der Waals surface area contributed by atoms with Crippen LogP contribution in [0.2, 0.25) is 0 Å². The van der Waals surface area contributed by atoms with Gasteiger partial charge in [-0.2, -0.15) is 0 Å². The molecule has 0 atom stereocenters. The Hall–Kier alpha value is -5.80. The Balaban J connectivity index is 1.27. The van der Waals surface area contributed by atoms with Crippen molar-refractivity contribution in [3.05, 3.63) is 170 Å². The van der Waals surface area contributed by atoms with Crippen LogP contribution in [-0.4, -0.2) is 0 Å². The molecule has 0 saturated heterocycles. The highest BCUT2D eigenvalue weighted by atomic mass is 16.3. The van der Waals surface area contributed by atoms with Crippen LogP contribution in [0.3, 0.4) is 0 Å². The minimum atomic E-state index is 0.889. The van der Waals surface area contributed by atoms with Crippen molar-refractivity contribution in [3.63, 3.8) is 0 Å². The second-order valence-electron chi connectivity index (χ2n) is 10.6. The molecule has 43 heavy (non-hydrogen) atoms. The lowest BCUT2D eigenvalue weighted by Crippen LogP contribution is -2.12. The van der Waals surface area contributed by atoms with Crippen molar-refractivity contribution in [2.75, 3.05) is 9.80 Å². The molecule has 1 heterocycles. The minimum Gasteiger partial charge on any atom is -0.456 e. The molecule has 0 N–H and O–H groups in total. The maximum atomic E-state index is 6.31. The zero-order valence-electron chi connectivity index (χ0n) is 23.5. The highest BCUT2D eigenvalue weighted by Crippen LogP contribution is 2.42. The van der Waals surface area contributed by atoms with Crippen molar-refractivity contribution >= 4 is 66.8 Å². The number of benzene rings is 7. The molecule has 0 amide bonds. The van der Waals surface area contributed by atoms with Gasteiger partial charge in [0.25, 0.3) is 0 Å². The zero-order valence-corrected chi connectivity index (χ0v) is 23.5. The van der Waals surface area contributed by atoms with Crippen molar-refractivity contribution < 1.29 is 4.42 Å². The maximum absolute atomic E-state index is 6.31. The van der Waals surface area contributed by atoms with Gasteiger partial charge in [-0.05, 0) is 95.7 Å². The molecule has 0 aliphatic heterocycles. The summed E-state index contributed by atoms with van der Waals surface area (Å²) in [6.07, 6.45) is 0. The summed E-state index contributed by atoms with van der Waals surface area (Å²) in [5.41, 5.74) is 8.37. The normalized spacial score (nSPS) is 11.3. The third-order valence-corrected chi connectivity index (χ3v) is 8.01. The van der Waals surface area contributed by atoms with Crippen LogP contribution >= 0.6 is 0 Å². The van der Waals surface area contributed by atoms with Gasteiger partial charge < -0.3 is 14.2 Å². The van der Waals surface area contributed by atoms with Crippen LogP contribution < -0.4 is 9.80 Å². The average molecular weight is 553 g/mol. The molecule has 0 aliphatic rings. The van der Waals surface area contributed by atoms with E-state index in [0.717, 1.165) is 56.1 Å². The number of para-hydroxylation sites is 3. The van der Waals surface area contributed by atoms with E-state index in [4.69, 9.17) is 4.42 Å². The molecule has 0 saturated carbocycles. The molecule has 0 aliphatic carbocycles. The summed E-state index contributed by atoms with van der Waals surface area (Å²) in [7, 11) is 0. The Morgan fingerprint density at radius 3 is 1.35 bits per heavy atom. The maximum Gasteiger partial charge on any atom is 0.136 e. The van der Waals surface area contributed by atoms with Gasteiger partial charge in [0.1, 0.15) is 11.2 Å². The van der Waals surface area contributed by atoms with Gasteiger partial charge in [0.05, 0.1) is 0 Å². The Labute approximate surface area is 250 Å². The SMILES string of the molecule is c1ccc(N(c2ccccc2)c2ccc(N(c3ccccc3)c3ccc4oc5ccc6ccccc6c5c4c3)cc2)cc1. The third kappa shape index (κ3) is 4.48. The zero-order chi connectivity index (χ0) is 28.6. The summed E-state index contributed by atoms with van der Waals surface area (Å²) in [5.74, 6) is 0. The van der Waals surface area contributed by atoms with E-state index in [1.807, 2.05) is 0 Å². The molecule has 8 rings (SSSR count). The van der Waals surface area contributed by atoms with Gasteiger partial charge in [-0.15, -0.1) is 0 Å². The smallest absolute Gasteiger partial charge is 0.136 e. The molecular weight excluding hydrogens is 524 g/mol. The average Bonchev–Trinajstić information content (AvgIpc) is 3.46. The van der Waals surface area contributed by atoms with Gasteiger partial charge >= 0.3 is 0 Å². The van der Waals surface area contributed by atoms with E-state index in [9.17, 15) is 0 Å². The van der Waals surface area contributed by atoms with Crippen LogP contribution in [0.1, 0.15) is 0 Å². The molecule has 3 nitrogen and oxygen atoms in total.